The predicted molar refractivity (Wildman–Crippen MR) is 86.6 cm³/mol. The first-order valence-electron chi connectivity index (χ1n) is 7.43. The summed E-state index contributed by atoms with van der Waals surface area (Å²) in [6.45, 7) is 5.31. The van der Waals surface area contributed by atoms with E-state index in [4.69, 9.17) is 11.6 Å². The smallest absolute Gasteiger partial charge is 0.147 e. The van der Waals surface area contributed by atoms with Crippen LogP contribution in [0.3, 0.4) is 0 Å². The molecule has 1 saturated carbocycles. The van der Waals surface area contributed by atoms with Gasteiger partial charge in [0.15, 0.2) is 0 Å². The summed E-state index contributed by atoms with van der Waals surface area (Å²) in [5.74, 6) is 0.841. The van der Waals surface area contributed by atoms with Crippen LogP contribution in [0.2, 0.25) is 5.02 Å². The van der Waals surface area contributed by atoms with Gasteiger partial charge in [-0.1, -0.05) is 44.4 Å². The van der Waals surface area contributed by atoms with Crippen LogP contribution in [0.4, 0.5) is 4.39 Å². The van der Waals surface area contributed by atoms with Gasteiger partial charge in [-0.05, 0) is 53.2 Å². The Morgan fingerprint density at radius 1 is 1.45 bits per heavy atom. The van der Waals surface area contributed by atoms with E-state index in [9.17, 15) is 4.39 Å². The fourth-order valence-corrected chi connectivity index (χ4v) is 3.72. The van der Waals surface area contributed by atoms with Crippen molar-refractivity contribution in [3.8, 4) is 0 Å². The lowest BCUT2D eigenvalue weighted by Gasteiger charge is -2.29. The van der Waals surface area contributed by atoms with Gasteiger partial charge < -0.3 is 5.32 Å². The molecule has 1 aromatic carbocycles. The zero-order chi connectivity index (χ0) is 14.7. The van der Waals surface area contributed by atoms with Crippen molar-refractivity contribution in [1.82, 2.24) is 5.32 Å². The molecule has 0 spiro atoms. The monoisotopic (exact) mass is 361 g/mol. The molecule has 20 heavy (non-hydrogen) atoms. The molecular formula is C16H22BrClFN. The second kappa shape index (κ2) is 7.24. The number of nitrogens with one attached hydrogen (secondary N) is 1. The molecule has 0 bridgehead atoms. The average molecular weight is 363 g/mol. The van der Waals surface area contributed by atoms with E-state index in [1.807, 2.05) is 12.1 Å². The number of rotatable bonds is 5. The maximum absolute atomic E-state index is 14.5. The maximum atomic E-state index is 14.5. The fraction of sp³-hybridized carbons (Fsp3) is 0.625. The summed E-state index contributed by atoms with van der Waals surface area (Å²) in [4.78, 5) is 0. The number of benzene rings is 1. The first kappa shape index (κ1) is 16.3. The quantitative estimate of drug-likeness (QED) is 0.661. The van der Waals surface area contributed by atoms with E-state index in [1.165, 1.54) is 12.8 Å². The molecule has 0 aliphatic heterocycles. The largest absolute Gasteiger partial charge is 0.310 e. The molecule has 0 radical (unpaired) electrons. The highest BCUT2D eigenvalue weighted by molar-refractivity contribution is 9.10. The van der Waals surface area contributed by atoms with Gasteiger partial charge in [-0.2, -0.15) is 0 Å². The Bertz CT molecular complexity index is 466. The van der Waals surface area contributed by atoms with E-state index >= 15 is 0 Å². The highest BCUT2D eigenvalue weighted by Crippen LogP contribution is 2.42. The molecule has 0 aromatic heterocycles. The van der Waals surface area contributed by atoms with Crippen LogP contribution >= 0.6 is 27.5 Å². The van der Waals surface area contributed by atoms with E-state index in [1.54, 1.807) is 0 Å². The van der Waals surface area contributed by atoms with Crippen LogP contribution in [-0.2, 0) is 0 Å². The zero-order valence-corrected chi connectivity index (χ0v) is 14.4. The maximum Gasteiger partial charge on any atom is 0.147 e. The first-order chi connectivity index (χ1) is 9.56. The second-order valence-electron chi connectivity index (χ2n) is 5.77. The van der Waals surface area contributed by atoms with Crippen LogP contribution in [0, 0.1) is 17.7 Å². The highest BCUT2D eigenvalue weighted by atomic mass is 79.9. The Labute approximate surface area is 134 Å². The molecule has 112 valence electrons. The first-order valence-corrected chi connectivity index (χ1v) is 8.60. The Balaban J connectivity index is 2.33. The van der Waals surface area contributed by atoms with Crippen LogP contribution in [0.5, 0.6) is 0 Å². The minimum atomic E-state index is -0.284. The summed E-state index contributed by atoms with van der Waals surface area (Å²) < 4.78 is 15.1. The minimum absolute atomic E-state index is 0.0676. The SMILES string of the molecule is CCCNC(c1ccc(Br)c(Cl)c1F)C1CCCC1C. The van der Waals surface area contributed by atoms with E-state index in [2.05, 4.69) is 35.1 Å². The second-order valence-corrected chi connectivity index (χ2v) is 7.00. The molecular weight excluding hydrogens is 341 g/mol. The van der Waals surface area contributed by atoms with Crippen molar-refractivity contribution in [2.24, 2.45) is 11.8 Å². The lowest BCUT2D eigenvalue weighted by Crippen LogP contribution is -2.31. The standard InChI is InChI=1S/C16H22BrClFN/c1-3-9-20-16(11-6-4-5-10(11)2)12-7-8-13(17)14(18)15(12)19/h7-8,10-11,16,20H,3-6,9H2,1-2H3. The van der Waals surface area contributed by atoms with Crippen molar-refractivity contribution < 1.29 is 4.39 Å². The molecule has 4 heteroatoms. The topological polar surface area (TPSA) is 12.0 Å². The Hall–Kier alpha value is -0.120. The van der Waals surface area contributed by atoms with Gasteiger partial charge in [-0.25, -0.2) is 4.39 Å². The van der Waals surface area contributed by atoms with Crippen LogP contribution in [-0.4, -0.2) is 6.54 Å². The third-order valence-electron chi connectivity index (χ3n) is 4.37. The van der Waals surface area contributed by atoms with E-state index in [0.717, 1.165) is 19.4 Å². The van der Waals surface area contributed by atoms with Crippen molar-refractivity contribution in [2.45, 2.75) is 45.6 Å². The number of hydrogen-bond donors (Lipinski definition) is 1. The van der Waals surface area contributed by atoms with Crippen LogP contribution in [0.25, 0.3) is 0 Å². The molecule has 3 atom stereocenters. The summed E-state index contributed by atoms with van der Waals surface area (Å²) in [5, 5.41) is 3.72. The molecule has 1 aliphatic rings. The molecule has 0 heterocycles. The number of halogens is 3. The van der Waals surface area contributed by atoms with Gasteiger partial charge in [0.2, 0.25) is 0 Å². The molecule has 1 nitrogen and oxygen atoms in total. The van der Waals surface area contributed by atoms with Crippen LogP contribution in [0.15, 0.2) is 16.6 Å². The van der Waals surface area contributed by atoms with Gasteiger partial charge in [-0.3, -0.25) is 0 Å². The van der Waals surface area contributed by atoms with E-state index < -0.39 is 0 Å². The molecule has 1 N–H and O–H groups in total. The fourth-order valence-electron chi connectivity index (χ4n) is 3.24. The van der Waals surface area contributed by atoms with Gasteiger partial charge in [0, 0.05) is 16.1 Å². The van der Waals surface area contributed by atoms with E-state index in [0.29, 0.717) is 21.9 Å². The van der Waals surface area contributed by atoms with Gasteiger partial charge in [0.25, 0.3) is 0 Å². The van der Waals surface area contributed by atoms with Crippen molar-refractivity contribution >= 4 is 27.5 Å². The molecule has 1 aliphatic carbocycles. The average Bonchev–Trinajstić information content (AvgIpc) is 2.85. The normalized spacial score (nSPS) is 24.1. The summed E-state index contributed by atoms with van der Waals surface area (Å²) >= 11 is 9.34. The lowest BCUT2D eigenvalue weighted by molar-refractivity contribution is 0.295. The summed E-state index contributed by atoms with van der Waals surface area (Å²) in [6.07, 6.45) is 4.68. The molecule has 2 rings (SSSR count). The minimum Gasteiger partial charge on any atom is -0.310 e. The van der Waals surface area contributed by atoms with E-state index in [-0.39, 0.29) is 16.9 Å². The van der Waals surface area contributed by atoms with Gasteiger partial charge in [-0.15, -0.1) is 0 Å². The Morgan fingerprint density at radius 2 is 2.20 bits per heavy atom. The van der Waals surface area contributed by atoms with Crippen LogP contribution in [0.1, 0.15) is 51.1 Å². The van der Waals surface area contributed by atoms with Crippen molar-refractivity contribution in [2.75, 3.05) is 6.54 Å². The Morgan fingerprint density at radius 3 is 2.80 bits per heavy atom. The zero-order valence-electron chi connectivity index (χ0n) is 12.1. The molecule has 1 aromatic rings. The van der Waals surface area contributed by atoms with Gasteiger partial charge >= 0.3 is 0 Å². The summed E-state index contributed by atoms with van der Waals surface area (Å²) in [7, 11) is 0. The van der Waals surface area contributed by atoms with Crippen LogP contribution < -0.4 is 5.32 Å². The predicted octanol–water partition coefficient (Wildman–Crippen LogP) is 5.72. The summed E-state index contributed by atoms with van der Waals surface area (Å²) in [5.41, 5.74) is 0.713. The lowest BCUT2D eigenvalue weighted by atomic mass is 9.85. The third kappa shape index (κ3) is 3.37. The molecule has 1 fully saturated rings. The van der Waals surface area contributed by atoms with Crippen molar-refractivity contribution in [3.05, 3.63) is 33.0 Å². The number of hydrogen-bond acceptors (Lipinski definition) is 1. The molecule has 3 unspecified atom stereocenters. The third-order valence-corrected chi connectivity index (χ3v) is 5.63. The molecule has 0 amide bonds. The highest BCUT2D eigenvalue weighted by Gasteiger charge is 2.33. The summed E-state index contributed by atoms with van der Waals surface area (Å²) in [6, 6.07) is 3.78. The van der Waals surface area contributed by atoms with Gasteiger partial charge in [0.05, 0.1) is 5.02 Å². The van der Waals surface area contributed by atoms with Gasteiger partial charge in [0.1, 0.15) is 5.82 Å². The molecule has 0 saturated heterocycles. The Kier molecular flexibility index (Phi) is 5.88. The van der Waals surface area contributed by atoms with Crippen molar-refractivity contribution in [1.29, 1.82) is 0 Å². The van der Waals surface area contributed by atoms with Crippen molar-refractivity contribution in [3.63, 3.8) is 0 Å².